The predicted octanol–water partition coefficient (Wildman–Crippen LogP) is 3.08. The number of fused-ring (bicyclic) bond motifs is 1. The van der Waals surface area contributed by atoms with Crippen LogP contribution in [-0.2, 0) is 9.53 Å². The quantitative estimate of drug-likeness (QED) is 0.736. The van der Waals surface area contributed by atoms with Gasteiger partial charge in [0.2, 0.25) is 5.91 Å². The van der Waals surface area contributed by atoms with Crippen LogP contribution in [0.25, 0.3) is 0 Å². The van der Waals surface area contributed by atoms with Crippen molar-refractivity contribution in [1.82, 2.24) is 9.80 Å². The topological polar surface area (TPSA) is 32.8 Å². The van der Waals surface area contributed by atoms with E-state index in [4.69, 9.17) is 4.74 Å². The van der Waals surface area contributed by atoms with E-state index in [0.717, 1.165) is 51.1 Å². The molecule has 0 spiro atoms. The maximum Gasteiger partial charge on any atom is 0.225 e. The van der Waals surface area contributed by atoms with Gasteiger partial charge in [0.25, 0.3) is 0 Å². The number of rotatable bonds is 3. The SMILES string of the molecule is O=C(C1CCOCC1)N1CC[C@H]2[C@H](CCCN2CC2CC=CCC2)C1. The van der Waals surface area contributed by atoms with E-state index in [1.807, 2.05) is 0 Å². The molecular formula is C21H34N2O2. The lowest BCUT2D eigenvalue weighted by molar-refractivity contribution is -0.142. The van der Waals surface area contributed by atoms with Crippen LogP contribution in [0, 0.1) is 17.8 Å². The molecule has 0 N–H and O–H groups in total. The van der Waals surface area contributed by atoms with E-state index in [0.29, 0.717) is 11.8 Å². The maximum atomic E-state index is 12.9. The normalized spacial score (nSPS) is 34.7. The molecule has 0 radical (unpaired) electrons. The fourth-order valence-electron chi connectivity index (χ4n) is 5.49. The Morgan fingerprint density at radius 1 is 1.04 bits per heavy atom. The third-order valence-corrected chi connectivity index (χ3v) is 6.94. The van der Waals surface area contributed by atoms with Crippen LogP contribution in [-0.4, -0.2) is 61.1 Å². The van der Waals surface area contributed by atoms with E-state index in [9.17, 15) is 4.79 Å². The van der Waals surface area contributed by atoms with Crippen LogP contribution in [0.2, 0.25) is 0 Å². The summed E-state index contributed by atoms with van der Waals surface area (Å²) in [5.74, 6) is 2.19. The summed E-state index contributed by atoms with van der Waals surface area (Å²) in [4.78, 5) is 17.9. The minimum atomic E-state index is 0.221. The van der Waals surface area contributed by atoms with Crippen LogP contribution in [0.1, 0.15) is 51.4 Å². The van der Waals surface area contributed by atoms with E-state index in [2.05, 4.69) is 22.0 Å². The molecule has 0 aromatic carbocycles. The molecule has 3 fully saturated rings. The average Bonchev–Trinajstić information content (AvgIpc) is 2.69. The average molecular weight is 347 g/mol. The molecule has 25 heavy (non-hydrogen) atoms. The van der Waals surface area contributed by atoms with Crippen molar-refractivity contribution in [3.05, 3.63) is 12.2 Å². The molecule has 3 heterocycles. The second-order valence-corrected chi connectivity index (χ2v) is 8.57. The number of likely N-dealkylation sites (tertiary alicyclic amines) is 2. The number of allylic oxidation sites excluding steroid dienone is 2. The Balaban J connectivity index is 1.33. The van der Waals surface area contributed by atoms with Crippen molar-refractivity contribution >= 4 is 5.91 Å². The Morgan fingerprint density at radius 3 is 2.72 bits per heavy atom. The van der Waals surface area contributed by atoms with E-state index < -0.39 is 0 Å². The van der Waals surface area contributed by atoms with Crippen LogP contribution < -0.4 is 0 Å². The summed E-state index contributed by atoms with van der Waals surface area (Å²) in [5.41, 5.74) is 0. The molecule has 140 valence electrons. The lowest BCUT2D eigenvalue weighted by Crippen LogP contribution is -2.56. The molecule has 0 saturated carbocycles. The first kappa shape index (κ1) is 17.5. The summed E-state index contributed by atoms with van der Waals surface area (Å²) in [6.07, 6.45) is 14.3. The molecule has 0 bridgehead atoms. The molecule has 4 rings (SSSR count). The summed E-state index contributed by atoms with van der Waals surface area (Å²) in [7, 11) is 0. The number of piperidine rings is 2. The van der Waals surface area contributed by atoms with Crippen LogP contribution >= 0.6 is 0 Å². The van der Waals surface area contributed by atoms with Gasteiger partial charge in [0.1, 0.15) is 0 Å². The number of hydrogen-bond donors (Lipinski definition) is 0. The molecule has 0 aromatic rings. The van der Waals surface area contributed by atoms with Gasteiger partial charge in [0.15, 0.2) is 0 Å². The zero-order chi connectivity index (χ0) is 17.1. The Bertz CT molecular complexity index is 486. The summed E-state index contributed by atoms with van der Waals surface area (Å²) in [6, 6.07) is 0.721. The molecule has 3 atom stereocenters. The molecule has 4 heteroatoms. The summed E-state index contributed by atoms with van der Waals surface area (Å²) in [5, 5.41) is 0. The molecule has 1 aliphatic carbocycles. The number of amides is 1. The molecule has 1 amide bonds. The van der Waals surface area contributed by atoms with Crippen LogP contribution in [0.15, 0.2) is 12.2 Å². The fourth-order valence-corrected chi connectivity index (χ4v) is 5.49. The van der Waals surface area contributed by atoms with Crippen molar-refractivity contribution in [2.24, 2.45) is 17.8 Å². The third-order valence-electron chi connectivity index (χ3n) is 6.94. The zero-order valence-corrected chi connectivity index (χ0v) is 15.6. The van der Waals surface area contributed by atoms with Crippen LogP contribution in [0.4, 0.5) is 0 Å². The lowest BCUT2D eigenvalue weighted by atomic mass is 9.82. The van der Waals surface area contributed by atoms with E-state index in [-0.39, 0.29) is 5.92 Å². The zero-order valence-electron chi connectivity index (χ0n) is 15.6. The first-order chi connectivity index (χ1) is 12.3. The summed E-state index contributed by atoms with van der Waals surface area (Å²) < 4.78 is 5.43. The van der Waals surface area contributed by atoms with Crippen molar-refractivity contribution in [3.63, 3.8) is 0 Å². The third kappa shape index (κ3) is 4.11. The van der Waals surface area contributed by atoms with Crippen molar-refractivity contribution in [2.75, 3.05) is 39.4 Å². The number of nitrogens with zero attached hydrogens (tertiary/aromatic N) is 2. The number of hydrogen-bond acceptors (Lipinski definition) is 3. The standard InChI is InChI=1S/C21H34N2O2/c24-21(18-9-13-25-14-10-18)23-12-8-20-19(16-23)7-4-11-22(20)15-17-5-2-1-3-6-17/h1-2,17-20H,3-16H2/t17?,19-,20+/m1/s1. The van der Waals surface area contributed by atoms with Crippen molar-refractivity contribution in [3.8, 4) is 0 Å². The highest BCUT2D eigenvalue weighted by molar-refractivity contribution is 5.79. The number of carbonyl (C=O) groups is 1. The minimum absolute atomic E-state index is 0.221. The van der Waals surface area contributed by atoms with Gasteiger partial charge >= 0.3 is 0 Å². The van der Waals surface area contributed by atoms with Gasteiger partial charge in [-0.1, -0.05) is 12.2 Å². The molecule has 4 aliphatic rings. The molecule has 3 aliphatic heterocycles. The summed E-state index contributed by atoms with van der Waals surface area (Å²) >= 11 is 0. The Morgan fingerprint density at radius 2 is 1.92 bits per heavy atom. The van der Waals surface area contributed by atoms with Gasteiger partial charge in [-0.25, -0.2) is 0 Å². The van der Waals surface area contributed by atoms with Gasteiger partial charge in [-0.2, -0.15) is 0 Å². The van der Waals surface area contributed by atoms with Gasteiger partial charge in [-0.3, -0.25) is 9.69 Å². The molecule has 3 saturated heterocycles. The van der Waals surface area contributed by atoms with Crippen LogP contribution in [0.3, 0.4) is 0 Å². The second kappa shape index (κ2) is 8.22. The number of ether oxygens (including phenoxy) is 1. The summed E-state index contributed by atoms with van der Waals surface area (Å²) in [6.45, 7) is 6.05. The highest BCUT2D eigenvalue weighted by Gasteiger charge is 2.39. The molecule has 1 unspecified atom stereocenters. The molecular weight excluding hydrogens is 312 g/mol. The van der Waals surface area contributed by atoms with E-state index in [1.165, 1.54) is 51.6 Å². The first-order valence-corrected chi connectivity index (χ1v) is 10.6. The smallest absolute Gasteiger partial charge is 0.225 e. The van der Waals surface area contributed by atoms with Gasteiger partial charge in [-0.15, -0.1) is 0 Å². The minimum Gasteiger partial charge on any atom is -0.381 e. The number of carbonyl (C=O) groups excluding carboxylic acids is 1. The first-order valence-electron chi connectivity index (χ1n) is 10.6. The van der Waals surface area contributed by atoms with Gasteiger partial charge in [0, 0.05) is 44.8 Å². The second-order valence-electron chi connectivity index (χ2n) is 8.57. The van der Waals surface area contributed by atoms with Gasteiger partial charge in [0.05, 0.1) is 0 Å². The predicted molar refractivity (Wildman–Crippen MR) is 99.3 cm³/mol. The van der Waals surface area contributed by atoms with E-state index in [1.54, 1.807) is 0 Å². The lowest BCUT2D eigenvalue weighted by Gasteiger charge is -2.48. The molecule has 0 aromatic heterocycles. The largest absolute Gasteiger partial charge is 0.381 e. The highest BCUT2D eigenvalue weighted by Crippen LogP contribution is 2.33. The van der Waals surface area contributed by atoms with Gasteiger partial charge in [-0.05, 0) is 69.7 Å². The van der Waals surface area contributed by atoms with Gasteiger partial charge < -0.3 is 9.64 Å². The van der Waals surface area contributed by atoms with Crippen LogP contribution in [0.5, 0.6) is 0 Å². The fraction of sp³-hybridized carbons (Fsp3) is 0.857. The maximum absolute atomic E-state index is 12.9. The molecule has 4 nitrogen and oxygen atoms in total. The monoisotopic (exact) mass is 346 g/mol. The Kier molecular flexibility index (Phi) is 5.76. The van der Waals surface area contributed by atoms with Crippen molar-refractivity contribution in [2.45, 2.75) is 57.4 Å². The van der Waals surface area contributed by atoms with E-state index >= 15 is 0 Å². The highest BCUT2D eigenvalue weighted by atomic mass is 16.5. The Hall–Kier alpha value is -0.870. The van der Waals surface area contributed by atoms with Crippen molar-refractivity contribution in [1.29, 1.82) is 0 Å². The van der Waals surface area contributed by atoms with Crippen molar-refractivity contribution < 1.29 is 9.53 Å². The Labute approximate surface area is 152 Å².